The van der Waals surface area contributed by atoms with Crippen molar-refractivity contribution in [1.82, 2.24) is 5.32 Å². The quantitative estimate of drug-likeness (QED) is 0.711. The van der Waals surface area contributed by atoms with Crippen LogP contribution in [0.5, 0.6) is 0 Å². The number of esters is 1. The first-order valence-electron chi connectivity index (χ1n) is 9.28. The van der Waals surface area contributed by atoms with Crippen molar-refractivity contribution >= 4 is 23.5 Å². The summed E-state index contributed by atoms with van der Waals surface area (Å²) < 4.78 is 4.95. The first kappa shape index (κ1) is 21.2. The van der Waals surface area contributed by atoms with E-state index in [1.807, 2.05) is 31.2 Å². The summed E-state index contributed by atoms with van der Waals surface area (Å²) in [6.45, 7) is 6.21. The molecule has 0 atom stereocenters. The lowest BCUT2D eigenvalue weighted by atomic mass is 10.1. The Labute approximate surface area is 165 Å². The molecule has 2 amide bonds. The smallest absolute Gasteiger partial charge is 0.338 e. The number of ether oxygens (including phenoxy) is 1. The molecule has 2 rings (SSSR count). The molecule has 0 bridgehead atoms. The highest BCUT2D eigenvalue weighted by molar-refractivity contribution is 5.94. The zero-order chi connectivity index (χ0) is 20.5. The van der Waals surface area contributed by atoms with Crippen LogP contribution in [0.1, 0.15) is 41.8 Å². The summed E-state index contributed by atoms with van der Waals surface area (Å²) in [5.74, 6) is -0.703. The van der Waals surface area contributed by atoms with Crippen molar-refractivity contribution in [3.63, 3.8) is 0 Å². The highest BCUT2D eigenvalue weighted by atomic mass is 16.5. The maximum Gasteiger partial charge on any atom is 0.338 e. The Morgan fingerprint density at radius 1 is 1.07 bits per heavy atom. The summed E-state index contributed by atoms with van der Waals surface area (Å²) in [5, 5.41) is 2.87. The van der Waals surface area contributed by atoms with E-state index in [1.165, 1.54) is 11.8 Å². The van der Waals surface area contributed by atoms with Gasteiger partial charge in [0.15, 0.2) is 0 Å². The van der Waals surface area contributed by atoms with Gasteiger partial charge in [-0.3, -0.25) is 9.59 Å². The van der Waals surface area contributed by atoms with E-state index in [0.29, 0.717) is 24.4 Å². The largest absolute Gasteiger partial charge is 0.462 e. The van der Waals surface area contributed by atoms with Gasteiger partial charge in [-0.15, -0.1) is 0 Å². The molecule has 0 unspecified atom stereocenters. The number of hydrogen-bond donors (Lipinski definition) is 1. The SMILES string of the molecule is CCOC(=O)c1ccc(N(CCC(=O)NCc2cccc(C)c2)C(C)=O)cc1. The van der Waals surface area contributed by atoms with Crippen LogP contribution in [-0.4, -0.2) is 30.9 Å². The molecule has 28 heavy (non-hydrogen) atoms. The highest BCUT2D eigenvalue weighted by Crippen LogP contribution is 2.17. The van der Waals surface area contributed by atoms with E-state index in [4.69, 9.17) is 4.74 Å². The van der Waals surface area contributed by atoms with Gasteiger partial charge in [0.1, 0.15) is 0 Å². The lowest BCUT2D eigenvalue weighted by molar-refractivity contribution is -0.121. The minimum atomic E-state index is -0.404. The van der Waals surface area contributed by atoms with Crippen LogP contribution < -0.4 is 10.2 Å². The molecule has 0 spiro atoms. The molecular formula is C22H26N2O4. The third-order valence-corrected chi connectivity index (χ3v) is 4.20. The summed E-state index contributed by atoms with van der Waals surface area (Å²) in [6.07, 6.45) is 0.186. The third kappa shape index (κ3) is 6.23. The number of rotatable bonds is 8. The molecule has 1 N–H and O–H groups in total. The van der Waals surface area contributed by atoms with Gasteiger partial charge in [0.2, 0.25) is 11.8 Å². The Morgan fingerprint density at radius 2 is 1.79 bits per heavy atom. The predicted molar refractivity (Wildman–Crippen MR) is 108 cm³/mol. The number of anilines is 1. The Balaban J connectivity index is 1.92. The summed E-state index contributed by atoms with van der Waals surface area (Å²) in [4.78, 5) is 37.4. The molecule has 148 valence electrons. The van der Waals surface area contributed by atoms with Crippen molar-refractivity contribution in [2.24, 2.45) is 0 Å². The first-order chi connectivity index (χ1) is 13.4. The zero-order valence-corrected chi connectivity index (χ0v) is 16.5. The van der Waals surface area contributed by atoms with Crippen molar-refractivity contribution in [3.05, 3.63) is 65.2 Å². The average Bonchev–Trinajstić information content (AvgIpc) is 2.67. The normalized spacial score (nSPS) is 10.2. The van der Waals surface area contributed by atoms with E-state index in [1.54, 1.807) is 31.2 Å². The number of carbonyl (C=O) groups excluding carboxylic acids is 3. The lowest BCUT2D eigenvalue weighted by Gasteiger charge is -2.21. The molecule has 6 nitrogen and oxygen atoms in total. The Bertz CT molecular complexity index is 831. The number of amides is 2. The summed E-state index contributed by atoms with van der Waals surface area (Å²) in [7, 11) is 0. The summed E-state index contributed by atoms with van der Waals surface area (Å²) >= 11 is 0. The summed E-state index contributed by atoms with van der Waals surface area (Å²) in [5.41, 5.74) is 3.23. The molecule has 0 saturated carbocycles. The lowest BCUT2D eigenvalue weighted by Crippen LogP contribution is -2.33. The van der Waals surface area contributed by atoms with Crippen molar-refractivity contribution in [3.8, 4) is 0 Å². The van der Waals surface area contributed by atoms with Gasteiger partial charge in [0.25, 0.3) is 0 Å². The molecular weight excluding hydrogens is 356 g/mol. The van der Waals surface area contributed by atoms with Crippen molar-refractivity contribution in [2.75, 3.05) is 18.1 Å². The van der Waals surface area contributed by atoms with Crippen molar-refractivity contribution in [2.45, 2.75) is 33.7 Å². The van der Waals surface area contributed by atoms with Gasteiger partial charge in [0.05, 0.1) is 12.2 Å². The molecule has 0 aliphatic heterocycles. The Morgan fingerprint density at radius 3 is 2.39 bits per heavy atom. The second-order valence-electron chi connectivity index (χ2n) is 6.45. The van der Waals surface area contributed by atoms with E-state index in [0.717, 1.165) is 11.1 Å². The fourth-order valence-corrected chi connectivity index (χ4v) is 2.78. The molecule has 0 saturated heterocycles. The second kappa shape index (κ2) is 10.3. The number of nitrogens with zero attached hydrogens (tertiary/aromatic N) is 1. The van der Waals surface area contributed by atoms with Gasteiger partial charge in [-0.1, -0.05) is 29.8 Å². The van der Waals surface area contributed by atoms with Crippen molar-refractivity contribution < 1.29 is 19.1 Å². The van der Waals surface area contributed by atoms with E-state index >= 15 is 0 Å². The van der Waals surface area contributed by atoms with Crippen molar-refractivity contribution in [1.29, 1.82) is 0 Å². The molecule has 0 fully saturated rings. The summed E-state index contributed by atoms with van der Waals surface area (Å²) in [6, 6.07) is 14.5. The van der Waals surface area contributed by atoms with Gasteiger partial charge in [-0.2, -0.15) is 0 Å². The monoisotopic (exact) mass is 382 g/mol. The van der Waals surface area contributed by atoms with Crippen LogP contribution in [0.4, 0.5) is 5.69 Å². The molecule has 0 aliphatic carbocycles. The number of carbonyl (C=O) groups is 3. The molecule has 0 heterocycles. The molecule has 0 aliphatic rings. The number of hydrogen-bond acceptors (Lipinski definition) is 4. The molecule has 2 aromatic carbocycles. The van der Waals surface area contributed by atoms with E-state index in [-0.39, 0.29) is 24.8 Å². The number of benzene rings is 2. The van der Waals surface area contributed by atoms with Gasteiger partial charge < -0.3 is 15.0 Å². The maximum absolute atomic E-state index is 12.2. The minimum absolute atomic E-state index is 0.129. The maximum atomic E-state index is 12.2. The van der Waals surface area contributed by atoms with Crippen LogP contribution in [0.3, 0.4) is 0 Å². The van der Waals surface area contributed by atoms with E-state index in [9.17, 15) is 14.4 Å². The molecule has 0 aromatic heterocycles. The van der Waals surface area contributed by atoms with Gasteiger partial charge in [-0.05, 0) is 43.7 Å². The van der Waals surface area contributed by atoms with Crippen LogP contribution in [0.2, 0.25) is 0 Å². The van der Waals surface area contributed by atoms with Crippen LogP contribution in [0, 0.1) is 6.92 Å². The van der Waals surface area contributed by atoms with Crippen LogP contribution in [-0.2, 0) is 20.9 Å². The minimum Gasteiger partial charge on any atom is -0.462 e. The van der Waals surface area contributed by atoms with Crippen LogP contribution in [0.15, 0.2) is 48.5 Å². The van der Waals surface area contributed by atoms with Gasteiger partial charge in [-0.25, -0.2) is 4.79 Å². The molecule has 6 heteroatoms. The third-order valence-electron chi connectivity index (χ3n) is 4.20. The number of aryl methyl sites for hydroxylation is 1. The first-order valence-corrected chi connectivity index (χ1v) is 9.28. The highest BCUT2D eigenvalue weighted by Gasteiger charge is 2.15. The predicted octanol–water partition coefficient (Wildman–Crippen LogP) is 3.23. The standard InChI is InChI=1S/C22H26N2O4/c1-4-28-22(27)19-8-10-20(11-9-19)24(17(3)25)13-12-21(26)23-15-18-7-5-6-16(2)14-18/h5-11,14H,4,12-13,15H2,1-3H3,(H,23,26). The van der Waals surface area contributed by atoms with E-state index in [2.05, 4.69) is 5.32 Å². The second-order valence-corrected chi connectivity index (χ2v) is 6.45. The fourth-order valence-electron chi connectivity index (χ4n) is 2.78. The number of nitrogens with one attached hydrogen (secondary N) is 1. The average molecular weight is 382 g/mol. The Hall–Kier alpha value is -3.15. The zero-order valence-electron chi connectivity index (χ0n) is 16.5. The topological polar surface area (TPSA) is 75.7 Å². The molecule has 2 aromatic rings. The fraction of sp³-hybridized carbons (Fsp3) is 0.318. The van der Waals surface area contributed by atoms with E-state index < -0.39 is 5.97 Å². The van der Waals surface area contributed by atoms with Gasteiger partial charge in [0, 0.05) is 32.1 Å². The van der Waals surface area contributed by atoms with Crippen LogP contribution in [0.25, 0.3) is 0 Å². The Kier molecular flexibility index (Phi) is 7.75. The van der Waals surface area contributed by atoms with Crippen LogP contribution >= 0.6 is 0 Å². The molecule has 0 radical (unpaired) electrons. The van der Waals surface area contributed by atoms with Gasteiger partial charge >= 0.3 is 5.97 Å².